The van der Waals surface area contributed by atoms with Gasteiger partial charge in [0.15, 0.2) is 11.5 Å². The maximum atomic E-state index is 12.6. The highest BCUT2D eigenvalue weighted by atomic mass is 16.5. The predicted molar refractivity (Wildman–Crippen MR) is 142 cm³/mol. The number of hydrogen-bond donors (Lipinski definition) is 1. The van der Waals surface area contributed by atoms with Gasteiger partial charge in [-0.3, -0.25) is 10.1 Å². The highest BCUT2D eigenvalue weighted by Gasteiger charge is 2.22. The lowest BCUT2D eigenvalue weighted by atomic mass is 10.0. The predicted octanol–water partition coefficient (Wildman–Crippen LogP) is 4.66. The van der Waals surface area contributed by atoms with Gasteiger partial charge in [0, 0.05) is 30.6 Å². The molecule has 1 saturated heterocycles. The average molecular weight is 509 g/mol. The Hall–Kier alpha value is -3.59. The Kier molecular flexibility index (Phi) is 9.37. The van der Waals surface area contributed by atoms with Crippen molar-refractivity contribution in [1.82, 2.24) is 9.91 Å². The number of ether oxygens (including phenoxy) is 3. The molecule has 2 aliphatic heterocycles. The Morgan fingerprint density at radius 2 is 1.84 bits per heavy atom. The Labute approximate surface area is 218 Å². The van der Waals surface area contributed by atoms with Crippen molar-refractivity contribution >= 4 is 23.4 Å². The van der Waals surface area contributed by atoms with Crippen molar-refractivity contribution in [3.05, 3.63) is 53.6 Å². The zero-order valence-electron chi connectivity index (χ0n) is 21.7. The molecule has 2 aromatic carbocycles. The lowest BCUT2D eigenvalue weighted by Gasteiger charge is -2.24. The Morgan fingerprint density at radius 3 is 2.57 bits per heavy atom. The number of likely N-dealkylation sites (tertiary alicyclic amines) is 1. The van der Waals surface area contributed by atoms with Gasteiger partial charge in [-0.25, -0.2) is 9.80 Å². The smallest absolute Gasteiger partial charge is 0.411 e. The SMILES string of the molecule is CCOc1cc(C2=NN(Cc3ccc(NC(=O)OCCCN4CCCC4)cc3)C(=O)CC2)ccc1OC. The van der Waals surface area contributed by atoms with Crippen LogP contribution < -0.4 is 14.8 Å². The minimum absolute atomic E-state index is 0.0259. The fourth-order valence-corrected chi connectivity index (χ4v) is 4.54. The summed E-state index contributed by atoms with van der Waals surface area (Å²) < 4.78 is 16.4. The first-order valence-corrected chi connectivity index (χ1v) is 13.0. The molecule has 4 rings (SSSR count). The highest BCUT2D eigenvalue weighted by molar-refractivity contribution is 6.04. The van der Waals surface area contributed by atoms with Gasteiger partial charge in [0.2, 0.25) is 5.91 Å². The monoisotopic (exact) mass is 508 g/mol. The minimum Gasteiger partial charge on any atom is -0.493 e. The van der Waals surface area contributed by atoms with Crippen LogP contribution in [0.15, 0.2) is 47.6 Å². The molecule has 0 atom stereocenters. The van der Waals surface area contributed by atoms with E-state index in [0.717, 1.165) is 42.9 Å². The summed E-state index contributed by atoms with van der Waals surface area (Å²) in [6.45, 7) is 6.45. The summed E-state index contributed by atoms with van der Waals surface area (Å²) in [5, 5.41) is 8.90. The van der Waals surface area contributed by atoms with Gasteiger partial charge < -0.3 is 19.1 Å². The second kappa shape index (κ2) is 13.1. The van der Waals surface area contributed by atoms with Gasteiger partial charge in [-0.2, -0.15) is 5.10 Å². The van der Waals surface area contributed by atoms with E-state index in [1.54, 1.807) is 19.2 Å². The Balaban J connectivity index is 1.31. The van der Waals surface area contributed by atoms with E-state index in [9.17, 15) is 9.59 Å². The number of rotatable bonds is 11. The number of hydrogen-bond acceptors (Lipinski definition) is 7. The van der Waals surface area contributed by atoms with Gasteiger partial charge in [-0.15, -0.1) is 0 Å². The van der Waals surface area contributed by atoms with Crippen LogP contribution in [0.25, 0.3) is 0 Å². The Bertz CT molecular complexity index is 1100. The average Bonchev–Trinajstić information content (AvgIpc) is 3.43. The number of methoxy groups -OCH3 is 1. The van der Waals surface area contributed by atoms with Crippen molar-refractivity contribution in [1.29, 1.82) is 0 Å². The molecular weight excluding hydrogens is 472 g/mol. The summed E-state index contributed by atoms with van der Waals surface area (Å²) in [6, 6.07) is 13.0. The molecule has 0 radical (unpaired) electrons. The fraction of sp³-hybridized carbons (Fsp3) is 0.464. The number of carbonyl (C=O) groups is 2. The standard InChI is InChI=1S/C28H36N4O5/c1-3-36-26-19-22(9-13-25(26)35-2)24-12-14-27(33)32(30-24)20-21-7-10-23(11-8-21)29-28(34)37-18-6-17-31-15-4-5-16-31/h7-11,13,19H,3-6,12,14-18,20H2,1-2H3,(H,29,34). The zero-order valence-corrected chi connectivity index (χ0v) is 21.7. The van der Waals surface area contributed by atoms with Crippen LogP contribution in [-0.2, 0) is 16.1 Å². The molecule has 198 valence electrons. The molecule has 0 aliphatic carbocycles. The van der Waals surface area contributed by atoms with Crippen LogP contribution in [0, 0.1) is 0 Å². The van der Waals surface area contributed by atoms with Gasteiger partial charge >= 0.3 is 6.09 Å². The van der Waals surface area contributed by atoms with Crippen LogP contribution in [-0.4, -0.2) is 67.6 Å². The molecule has 0 unspecified atom stereocenters. The van der Waals surface area contributed by atoms with E-state index in [0.29, 0.717) is 49.8 Å². The molecule has 9 heteroatoms. The van der Waals surface area contributed by atoms with E-state index in [-0.39, 0.29) is 5.91 Å². The van der Waals surface area contributed by atoms with Crippen LogP contribution in [0.4, 0.5) is 10.5 Å². The third kappa shape index (κ3) is 7.45. The number of anilines is 1. The number of nitrogens with one attached hydrogen (secondary N) is 1. The van der Waals surface area contributed by atoms with Gasteiger partial charge in [0.1, 0.15) is 0 Å². The van der Waals surface area contributed by atoms with Gasteiger partial charge in [0.05, 0.1) is 32.6 Å². The highest BCUT2D eigenvalue weighted by Crippen LogP contribution is 2.30. The molecule has 2 aliphatic rings. The summed E-state index contributed by atoms with van der Waals surface area (Å²) in [5.74, 6) is 1.29. The van der Waals surface area contributed by atoms with E-state index in [4.69, 9.17) is 14.2 Å². The third-order valence-electron chi connectivity index (χ3n) is 6.48. The molecule has 1 N–H and O–H groups in total. The van der Waals surface area contributed by atoms with Gasteiger partial charge in [-0.1, -0.05) is 12.1 Å². The molecule has 1 fully saturated rings. The molecular formula is C28H36N4O5. The zero-order chi connectivity index (χ0) is 26.0. The largest absolute Gasteiger partial charge is 0.493 e. The number of carbonyl (C=O) groups excluding carboxylic acids is 2. The van der Waals surface area contributed by atoms with E-state index >= 15 is 0 Å². The van der Waals surface area contributed by atoms with Crippen molar-refractivity contribution in [2.24, 2.45) is 5.10 Å². The molecule has 0 spiro atoms. The van der Waals surface area contributed by atoms with Crippen LogP contribution >= 0.6 is 0 Å². The van der Waals surface area contributed by atoms with Crippen LogP contribution in [0.3, 0.4) is 0 Å². The van der Waals surface area contributed by atoms with E-state index in [2.05, 4.69) is 15.3 Å². The topological polar surface area (TPSA) is 92.7 Å². The van der Waals surface area contributed by atoms with Crippen molar-refractivity contribution < 1.29 is 23.8 Å². The molecule has 2 amide bonds. The quantitative estimate of drug-likeness (QED) is 0.444. The molecule has 2 aromatic rings. The van der Waals surface area contributed by atoms with Crippen molar-refractivity contribution in [3.8, 4) is 11.5 Å². The first-order valence-electron chi connectivity index (χ1n) is 13.0. The second-order valence-corrected chi connectivity index (χ2v) is 9.16. The van der Waals surface area contributed by atoms with Crippen LogP contribution in [0.5, 0.6) is 11.5 Å². The van der Waals surface area contributed by atoms with Crippen LogP contribution in [0.1, 0.15) is 50.2 Å². The number of nitrogens with zero attached hydrogens (tertiary/aromatic N) is 3. The van der Waals surface area contributed by atoms with E-state index < -0.39 is 6.09 Å². The maximum absolute atomic E-state index is 12.6. The summed E-state index contributed by atoms with van der Waals surface area (Å²) >= 11 is 0. The van der Waals surface area contributed by atoms with Crippen molar-refractivity contribution in [3.63, 3.8) is 0 Å². The number of hydrazone groups is 1. The lowest BCUT2D eigenvalue weighted by Crippen LogP contribution is -2.31. The van der Waals surface area contributed by atoms with Gasteiger partial charge in [-0.05, 0) is 75.2 Å². The number of benzene rings is 2. The summed E-state index contributed by atoms with van der Waals surface area (Å²) in [6.07, 6.45) is 3.85. The van der Waals surface area contributed by atoms with Crippen molar-refractivity contribution in [2.45, 2.75) is 45.6 Å². The second-order valence-electron chi connectivity index (χ2n) is 9.16. The normalized spacial score (nSPS) is 15.9. The molecule has 37 heavy (non-hydrogen) atoms. The lowest BCUT2D eigenvalue weighted by molar-refractivity contribution is -0.132. The van der Waals surface area contributed by atoms with Crippen molar-refractivity contribution in [2.75, 3.05) is 45.3 Å². The fourth-order valence-electron chi connectivity index (χ4n) is 4.54. The maximum Gasteiger partial charge on any atom is 0.411 e. The minimum atomic E-state index is -0.458. The third-order valence-corrected chi connectivity index (χ3v) is 6.48. The first kappa shape index (κ1) is 26.5. The first-order chi connectivity index (χ1) is 18.1. The van der Waals surface area contributed by atoms with Gasteiger partial charge in [0.25, 0.3) is 0 Å². The number of amides is 2. The molecule has 0 bridgehead atoms. The summed E-state index contributed by atoms with van der Waals surface area (Å²) in [4.78, 5) is 27.1. The molecule has 9 nitrogen and oxygen atoms in total. The molecule has 0 aromatic heterocycles. The van der Waals surface area contributed by atoms with E-state index in [1.807, 2.05) is 37.3 Å². The van der Waals surface area contributed by atoms with Crippen LogP contribution in [0.2, 0.25) is 0 Å². The summed E-state index contributed by atoms with van der Waals surface area (Å²) in [5.41, 5.74) is 3.28. The summed E-state index contributed by atoms with van der Waals surface area (Å²) in [7, 11) is 1.61. The molecule has 2 heterocycles. The van der Waals surface area contributed by atoms with E-state index in [1.165, 1.54) is 17.9 Å². The Morgan fingerprint density at radius 1 is 1.05 bits per heavy atom. The molecule has 0 saturated carbocycles.